The number of aromatic hydroxyl groups is 4. The first-order chi connectivity index (χ1) is 63.3. The fourth-order valence-corrected chi connectivity index (χ4v) is 15.0. The number of phenols is 4. The minimum atomic E-state index is 0. The molecule has 17 nitrogen and oxygen atoms in total. The molecule has 10 aromatic carbocycles. The predicted octanol–water partition coefficient (Wildman–Crippen LogP) is 23.5. The number of nitrogens with zero attached hydrogens (tertiary/aromatic N) is 13. The van der Waals surface area contributed by atoms with Gasteiger partial charge >= 0.3 is 188 Å². The molecule has 134 heavy (non-hydrogen) atoms. The molecule has 0 aliphatic carbocycles. The molecule has 0 amide bonds. The Morgan fingerprint density at radius 3 is 0.963 bits per heavy atom. The third-order valence-corrected chi connectivity index (χ3v) is 21.6. The Morgan fingerprint density at radius 2 is 0.537 bits per heavy atom. The number of anilines is 4. The molecule has 23 heteroatoms. The van der Waals surface area contributed by atoms with Crippen LogP contribution >= 0.6 is 0 Å². The van der Waals surface area contributed by atoms with Gasteiger partial charge in [0.1, 0.15) is 17.2 Å². The first kappa shape index (κ1) is 98.7. The van der Waals surface area contributed by atoms with Gasteiger partial charge in [0, 0.05) is 95.6 Å². The number of para-hydroxylation sites is 6. The molecule has 0 atom stereocenters. The van der Waals surface area contributed by atoms with Crippen LogP contribution in [0.3, 0.4) is 0 Å². The van der Waals surface area contributed by atoms with E-state index in [1.165, 1.54) is 0 Å². The van der Waals surface area contributed by atoms with Gasteiger partial charge in [-0.3, -0.25) is 24.9 Å². The number of fused-ring (bicyclic) bond motifs is 1. The molecular weight excluding hydrogens is 1950 g/mol. The molecule has 11 heterocycles. The Labute approximate surface area is 837 Å². The number of benzene rings is 10. The van der Waals surface area contributed by atoms with Crippen molar-refractivity contribution in [2.45, 2.75) is 0 Å². The number of rotatable bonds is 15. The topological polar surface area (TPSA) is 210 Å². The fraction of sp³-hybridized carbons (Fsp3) is 0.0180. The van der Waals surface area contributed by atoms with Crippen LogP contribution < -0.4 is 19.2 Å². The summed E-state index contributed by atoms with van der Waals surface area (Å²) in [5.74, 6) is 0.902. The quantitative estimate of drug-likeness (QED) is 0.0555. The Hall–Kier alpha value is -14.3. The van der Waals surface area contributed by atoms with Crippen molar-refractivity contribution < 1.29 is 103 Å². The molecule has 0 unspecified atom stereocenters. The molecule has 4 N–H and O–H groups in total. The number of pyridine rings is 9. The molecule has 1 radical (unpaired) electrons. The Kier molecular flexibility index (Phi) is 35.1. The van der Waals surface area contributed by atoms with Crippen molar-refractivity contribution in [2.24, 2.45) is 0 Å². The molecule has 2 aliphatic rings. The van der Waals surface area contributed by atoms with Gasteiger partial charge in [0.25, 0.3) is 0 Å². The van der Waals surface area contributed by atoms with Gasteiger partial charge in [-0.1, -0.05) is 144 Å². The van der Waals surface area contributed by atoms with Crippen LogP contribution in [0, 0.1) is 37.6 Å². The van der Waals surface area contributed by atoms with Gasteiger partial charge in [-0.15, -0.1) is 89.5 Å². The van der Waals surface area contributed by atoms with Crippen LogP contribution in [0.15, 0.2) is 413 Å². The van der Waals surface area contributed by atoms with Crippen molar-refractivity contribution in [1.82, 2.24) is 49.8 Å². The van der Waals surface area contributed by atoms with E-state index in [9.17, 15) is 20.4 Å². The summed E-state index contributed by atoms with van der Waals surface area (Å²) >= 11 is 3.10. The van der Waals surface area contributed by atoms with Crippen LogP contribution in [-0.4, -0.2) is 100 Å². The standard InChI is InChI=1S/C25H19N3O.C22H15N2O.C22H14N2Se.C21H17N3O.C21H15N3O.5Ni/c1-27-17-28(24-14-4-3-13-23(24)27)19-9-6-8-18(16-19)21-11-7-12-22(26-21)20-10-2-5-15-25(20)29;25-22-13-2-1-9-18(22)16-7-5-8-17(15-16)19-11-6-12-21(24-19)20-10-3-4-14-23-20;25-22-13-2-1-9-18(22)21-12-6-11-20(24-21)17-8-5-7-16(15-17)19-10-3-4-14-23-19;1-23-12-13-24(15-23)17-7-4-6-16(14-17)19-9-5-10-20(22-19)18-8-2-3-11-21(18)25;25-21-13-2-1-7-15(21)16-9-5-11-19(23-16)20-12-6-10-18(24-20)17-8-3-4-14-22-17;;;;;/h2-15,17,29H,1H3;1-14,25H;1-14H;2-13,15,25H,1H3;1-14,25H;;;;;/q-2;2*-1;-2;;;;;2*+2. The van der Waals surface area contributed by atoms with Gasteiger partial charge in [0.2, 0.25) is 0 Å². The Bertz CT molecular complexity index is 6760. The summed E-state index contributed by atoms with van der Waals surface area (Å²) in [6, 6.07) is 136. The molecule has 0 saturated carbocycles. The van der Waals surface area contributed by atoms with Crippen LogP contribution in [0.1, 0.15) is 0 Å². The summed E-state index contributed by atoms with van der Waals surface area (Å²) in [6.07, 6.45) is 9.28. The average molecular weight is 2030 g/mol. The SMILES string of the molecule is CN1C=CN(c2[c-]c(-c3cccc(-c4ccccc4O)n3)ccc2)[CH-]1.CN1[CH-]N(c2[c-]c(-c3cccc(-c4ccccc4O)n3)ccc2)c2ccccc21.Oc1ccccc1-c1[c-]c(-c2cccc(-c3ccccn3)n2)ccc1.Oc1ccccc1-c1cccc(-c2cccc(-c3ccccn3)n2)n1.[Ni+2].[Ni+2].[Ni].[Ni].[Ni].[Se]c1ccccc1-c1cccc(-c2[c-]c(-c3ccccn3)ccc2)n1. The van der Waals surface area contributed by atoms with E-state index in [2.05, 4.69) is 106 Å². The second-order valence-electron chi connectivity index (χ2n) is 29.6. The van der Waals surface area contributed by atoms with Gasteiger partial charge in [0.05, 0.1) is 57.0 Å². The molecule has 0 saturated heterocycles. The monoisotopic (exact) mass is 2030 g/mol. The van der Waals surface area contributed by atoms with E-state index in [4.69, 9.17) is 19.9 Å². The van der Waals surface area contributed by atoms with E-state index in [1.54, 1.807) is 67.1 Å². The third-order valence-electron chi connectivity index (χ3n) is 20.8. The van der Waals surface area contributed by atoms with E-state index in [0.717, 1.165) is 157 Å². The number of hydrogen-bond donors (Lipinski definition) is 4. The average Bonchev–Trinajstić information content (AvgIpc) is 1.61. The van der Waals surface area contributed by atoms with Crippen LogP contribution in [0.2, 0.25) is 0 Å². The number of aromatic nitrogens is 9. The fourth-order valence-electron chi connectivity index (χ4n) is 14.5. The van der Waals surface area contributed by atoms with Crippen molar-refractivity contribution in [1.29, 1.82) is 0 Å². The summed E-state index contributed by atoms with van der Waals surface area (Å²) in [7, 11) is 4.03. The van der Waals surface area contributed by atoms with Gasteiger partial charge in [-0.2, -0.15) is 13.3 Å². The number of hydrogen-bond acceptors (Lipinski definition) is 17. The zero-order chi connectivity index (χ0) is 88.2. The maximum absolute atomic E-state index is 10.2. The maximum atomic E-state index is 10.2. The van der Waals surface area contributed by atoms with Crippen molar-refractivity contribution in [3.8, 4) is 170 Å². The first-order valence-electron chi connectivity index (χ1n) is 41.4. The van der Waals surface area contributed by atoms with Gasteiger partial charge in [-0.25, -0.2) is 9.97 Å². The van der Waals surface area contributed by atoms with Crippen molar-refractivity contribution in [3.63, 3.8) is 0 Å². The van der Waals surface area contributed by atoms with Crippen LogP contribution in [-0.2, 0) is 82.5 Å². The second-order valence-corrected chi connectivity index (χ2v) is 30.5. The van der Waals surface area contributed by atoms with Gasteiger partial charge < -0.3 is 40.0 Å². The molecule has 19 aromatic rings. The first-order valence-corrected chi connectivity index (χ1v) is 42.3. The van der Waals surface area contributed by atoms with E-state index < -0.39 is 0 Å². The Morgan fingerprint density at radius 1 is 0.246 bits per heavy atom. The van der Waals surface area contributed by atoms with Crippen LogP contribution in [0.4, 0.5) is 22.7 Å². The van der Waals surface area contributed by atoms with Crippen LogP contribution in [0.5, 0.6) is 23.0 Å². The van der Waals surface area contributed by atoms with Crippen LogP contribution in [0.25, 0.3) is 147 Å². The van der Waals surface area contributed by atoms with Crippen molar-refractivity contribution in [3.05, 3.63) is 451 Å². The molecule has 21 rings (SSSR count). The molecule has 0 bridgehead atoms. The summed E-state index contributed by atoms with van der Waals surface area (Å²) in [6.45, 7) is 4.05. The normalized spacial score (nSPS) is 11.2. The van der Waals surface area contributed by atoms with E-state index >= 15 is 0 Å². The third kappa shape index (κ3) is 24.3. The molecule has 0 fully saturated rings. The van der Waals surface area contributed by atoms with Crippen molar-refractivity contribution >= 4 is 43.2 Å². The minimum absolute atomic E-state index is 0. The predicted molar refractivity (Wildman–Crippen MR) is 515 cm³/mol. The molecule has 2 aliphatic heterocycles. The number of phenolic OH excluding ortho intramolecular Hbond substituents is 4. The van der Waals surface area contributed by atoms with Gasteiger partial charge in [0.15, 0.2) is 0 Å². The Balaban J connectivity index is 0.000000150. The summed E-state index contributed by atoms with van der Waals surface area (Å²) in [5, 5.41) is 40.4. The summed E-state index contributed by atoms with van der Waals surface area (Å²) in [5.41, 5.74) is 25.8. The molecule has 9 aromatic heterocycles. The van der Waals surface area contributed by atoms with E-state index in [0.29, 0.717) is 16.8 Å². The molecule has 0 spiro atoms. The van der Waals surface area contributed by atoms with Crippen molar-refractivity contribution in [2.75, 3.05) is 28.8 Å². The molecular formula is C111H80N13Ni5O4Se-2. The second kappa shape index (κ2) is 47.7. The van der Waals surface area contributed by atoms with E-state index in [1.807, 2.05) is 352 Å². The van der Waals surface area contributed by atoms with E-state index in [-0.39, 0.29) is 105 Å². The summed E-state index contributed by atoms with van der Waals surface area (Å²) < 4.78 is 1.10. The zero-order valence-corrected chi connectivity index (χ0v) is 78.2. The van der Waals surface area contributed by atoms with Gasteiger partial charge in [-0.05, 0) is 165 Å². The zero-order valence-electron chi connectivity index (χ0n) is 71.5. The molecule has 671 valence electrons. The summed E-state index contributed by atoms with van der Waals surface area (Å²) in [4.78, 5) is 49.7.